The van der Waals surface area contributed by atoms with Gasteiger partial charge in [0.15, 0.2) is 4.98 Å². The maximum absolute atomic E-state index is 11.9. The summed E-state index contributed by atoms with van der Waals surface area (Å²) in [5.41, 5.74) is -0.645. The van der Waals surface area contributed by atoms with E-state index in [2.05, 4.69) is 9.71 Å². The molecule has 0 aromatic rings. The Morgan fingerprint density at radius 1 is 1.40 bits per heavy atom. The van der Waals surface area contributed by atoms with E-state index in [1.54, 1.807) is 13.8 Å². The zero-order valence-corrected chi connectivity index (χ0v) is 9.73. The van der Waals surface area contributed by atoms with Gasteiger partial charge in [0.2, 0.25) is 5.39 Å². The first-order valence-electron chi connectivity index (χ1n) is 4.27. The minimum absolute atomic E-state index is 0.0767. The molecule has 0 fully saturated rings. The van der Waals surface area contributed by atoms with Gasteiger partial charge in [-0.1, -0.05) is 0 Å². The third-order valence-corrected chi connectivity index (χ3v) is 3.33. The Morgan fingerprint density at radius 2 is 1.87 bits per heavy atom. The van der Waals surface area contributed by atoms with Gasteiger partial charge in [-0.2, -0.15) is 0 Å². The van der Waals surface area contributed by atoms with E-state index in [0.717, 1.165) is 7.11 Å². The molecule has 0 aliphatic rings. The fraction of sp³-hybridized carbons (Fsp3) is 0.714. The van der Waals surface area contributed by atoms with Crippen molar-refractivity contribution in [2.45, 2.75) is 13.8 Å². The molecule has 0 radical (unpaired) electrons. The van der Waals surface area contributed by atoms with Gasteiger partial charge in [0.05, 0.1) is 20.3 Å². The molecule has 7 nitrogen and oxygen atoms in total. The Labute approximate surface area is 87.8 Å². The smallest absolute Gasteiger partial charge is 0.475 e. The van der Waals surface area contributed by atoms with Crippen LogP contribution < -0.4 is 0 Å². The predicted octanol–water partition coefficient (Wildman–Crippen LogP) is 2.44. The van der Waals surface area contributed by atoms with Crippen molar-refractivity contribution >= 4 is 7.60 Å². The molecule has 0 saturated heterocycles. The number of rotatable bonds is 6. The molecule has 0 amide bonds. The summed E-state index contributed by atoms with van der Waals surface area (Å²) in [5.74, 6) is -0.803. The van der Waals surface area contributed by atoms with Crippen LogP contribution in [-0.2, 0) is 18.3 Å². The summed E-state index contributed by atoms with van der Waals surface area (Å²) in [4.78, 5) is 2.66. The molecule has 0 spiro atoms. The van der Waals surface area contributed by atoms with Crippen LogP contribution in [0, 0.1) is 5.39 Å². The lowest BCUT2D eigenvalue weighted by Gasteiger charge is -2.09. The van der Waals surface area contributed by atoms with Gasteiger partial charge in [-0.05, 0) is 13.8 Å². The van der Waals surface area contributed by atoms with Gasteiger partial charge in [0.1, 0.15) is 0 Å². The number of aliphatic hydroxyl groups is 1. The number of diazo groups is 1. The third-order valence-electron chi connectivity index (χ3n) is 1.34. The minimum Gasteiger partial charge on any atom is -0.475 e. The van der Waals surface area contributed by atoms with Gasteiger partial charge in [-0.15, -0.1) is 0 Å². The molecule has 0 aromatic heterocycles. The van der Waals surface area contributed by atoms with Gasteiger partial charge < -0.3 is 18.9 Å². The molecule has 0 heterocycles. The van der Waals surface area contributed by atoms with Crippen LogP contribution in [-0.4, -0.2) is 25.4 Å². The molecule has 0 aliphatic carbocycles. The molecule has 1 N–H and O–H groups in total. The molecule has 86 valence electrons. The Hall–Kier alpha value is -1.09. The van der Waals surface area contributed by atoms with Crippen molar-refractivity contribution in [2.24, 2.45) is 0 Å². The average Bonchev–Trinajstić information content (AvgIpc) is 2.19. The topological polar surface area (TPSA) is 93.1 Å². The largest absolute Gasteiger partial charge is 0.548 e. The second kappa shape index (κ2) is 6.40. The van der Waals surface area contributed by atoms with Crippen LogP contribution in [0.1, 0.15) is 13.8 Å². The van der Waals surface area contributed by atoms with Gasteiger partial charge in [0, 0.05) is 0 Å². The van der Waals surface area contributed by atoms with E-state index < -0.39 is 19.0 Å². The highest BCUT2D eigenvalue weighted by atomic mass is 31.2. The molecule has 0 bridgehead atoms. The number of nitrogens with zero attached hydrogens (tertiary/aromatic N) is 2. The molecule has 0 rings (SSSR count). The van der Waals surface area contributed by atoms with Gasteiger partial charge >= 0.3 is 19.0 Å². The van der Waals surface area contributed by atoms with Crippen molar-refractivity contribution in [1.29, 1.82) is 5.39 Å². The first-order valence-corrected chi connectivity index (χ1v) is 5.82. The molecule has 0 aromatic carbocycles. The van der Waals surface area contributed by atoms with Crippen LogP contribution in [0.25, 0.3) is 4.98 Å². The first kappa shape index (κ1) is 13.9. The van der Waals surface area contributed by atoms with E-state index >= 15 is 0 Å². The first-order chi connectivity index (χ1) is 7.05. The average molecular weight is 237 g/mol. The third kappa shape index (κ3) is 3.51. The van der Waals surface area contributed by atoms with Crippen LogP contribution in [0.2, 0.25) is 0 Å². The van der Waals surface area contributed by atoms with Crippen molar-refractivity contribution in [3.8, 4) is 0 Å². The zero-order chi connectivity index (χ0) is 11.9. The van der Waals surface area contributed by atoms with Crippen molar-refractivity contribution < 1.29 is 23.5 Å². The van der Waals surface area contributed by atoms with Crippen LogP contribution in [0.5, 0.6) is 0 Å². The Bertz CT molecular complexity index is 312. The fourth-order valence-corrected chi connectivity index (χ4v) is 2.24. The van der Waals surface area contributed by atoms with E-state index in [1.165, 1.54) is 0 Å². The molecule has 0 saturated carbocycles. The second-order valence-electron chi connectivity index (χ2n) is 2.27. The van der Waals surface area contributed by atoms with Crippen molar-refractivity contribution in [3.05, 3.63) is 16.4 Å². The monoisotopic (exact) mass is 237 g/mol. The van der Waals surface area contributed by atoms with Gasteiger partial charge in [-0.3, -0.25) is 0 Å². The molecule has 0 atom stereocenters. The highest BCUT2D eigenvalue weighted by Gasteiger charge is 2.47. The van der Waals surface area contributed by atoms with Crippen molar-refractivity contribution in [3.63, 3.8) is 0 Å². The maximum atomic E-state index is 11.9. The number of methoxy groups -OCH3 is 1. The van der Waals surface area contributed by atoms with Gasteiger partial charge in [0.25, 0.3) is 0 Å². The van der Waals surface area contributed by atoms with Crippen molar-refractivity contribution in [1.82, 2.24) is 0 Å². The molecule has 8 heteroatoms. The Morgan fingerprint density at radius 3 is 2.13 bits per heavy atom. The lowest BCUT2D eigenvalue weighted by Crippen LogP contribution is -2.00. The number of hydrogen-bond donors (Lipinski definition) is 1. The molecule has 0 aliphatic heterocycles. The Balaban J connectivity index is 5.24. The highest BCUT2D eigenvalue weighted by Crippen LogP contribution is 2.57. The SMILES string of the molecule is CCOP(=O)(OCC)/C([N+]#N)=C(\O)OC. The summed E-state index contributed by atoms with van der Waals surface area (Å²) in [6.45, 7) is 3.33. The van der Waals surface area contributed by atoms with E-state index in [0.29, 0.717) is 0 Å². The van der Waals surface area contributed by atoms with E-state index in [1.807, 2.05) is 0 Å². The summed E-state index contributed by atoms with van der Waals surface area (Å²) in [7, 11) is -2.69. The van der Waals surface area contributed by atoms with Crippen molar-refractivity contribution in [2.75, 3.05) is 20.3 Å². The number of aliphatic hydroxyl groups excluding tert-OH is 1. The van der Waals surface area contributed by atoms with E-state index in [9.17, 15) is 9.67 Å². The predicted molar refractivity (Wildman–Crippen MR) is 52.6 cm³/mol. The van der Waals surface area contributed by atoms with E-state index in [-0.39, 0.29) is 13.2 Å². The normalized spacial score (nSPS) is 12.9. The quantitative estimate of drug-likeness (QED) is 0.433. The maximum Gasteiger partial charge on any atom is 0.548 e. The molecule has 15 heavy (non-hydrogen) atoms. The summed E-state index contributed by atoms with van der Waals surface area (Å²) in [6.07, 6.45) is 0. The van der Waals surface area contributed by atoms with E-state index in [4.69, 9.17) is 14.4 Å². The van der Waals surface area contributed by atoms with Crippen LogP contribution in [0.3, 0.4) is 0 Å². The van der Waals surface area contributed by atoms with Gasteiger partial charge in [-0.25, -0.2) is 4.57 Å². The minimum atomic E-state index is -3.81. The van der Waals surface area contributed by atoms with Crippen LogP contribution in [0.15, 0.2) is 11.4 Å². The fourth-order valence-electron chi connectivity index (χ4n) is 0.805. The van der Waals surface area contributed by atoms with Crippen LogP contribution in [0.4, 0.5) is 0 Å². The standard InChI is InChI=1S/C7H13N2O5P/c1-4-13-15(11,14-5-2)6(9-8)7(10)12-3/h4-5H2,1-3H3/p+1. The van der Waals surface area contributed by atoms with Crippen LogP contribution >= 0.6 is 7.60 Å². The number of hydrogen-bond acceptors (Lipinski definition) is 6. The summed E-state index contributed by atoms with van der Waals surface area (Å²) in [6, 6.07) is 0. The lowest BCUT2D eigenvalue weighted by molar-refractivity contribution is 0.131. The summed E-state index contributed by atoms with van der Waals surface area (Å²) >= 11 is 0. The highest BCUT2D eigenvalue weighted by molar-refractivity contribution is 7.58. The summed E-state index contributed by atoms with van der Waals surface area (Å²) < 4.78 is 26.0. The Kier molecular flexibility index (Phi) is 5.94. The number of ether oxygens (including phenoxy) is 1. The summed E-state index contributed by atoms with van der Waals surface area (Å²) in [5, 5.41) is 17.8. The zero-order valence-electron chi connectivity index (χ0n) is 8.84. The molecule has 0 unspecified atom stereocenters. The molecular formula is C7H14N2O5P+. The second-order valence-corrected chi connectivity index (χ2v) is 4.20. The lowest BCUT2D eigenvalue weighted by atomic mass is 10.9. The molecular weight excluding hydrogens is 223 g/mol.